The van der Waals surface area contributed by atoms with Crippen molar-refractivity contribution in [3.8, 4) is 0 Å². The molecule has 0 aliphatic carbocycles. The Morgan fingerprint density at radius 1 is 1.38 bits per heavy atom. The first-order valence-corrected chi connectivity index (χ1v) is 10.8. The van der Waals surface area contributed by atoms with Crippen molar-refractivity contribution >= 4 is 23.2 Å². The van der Waals surface area contributed by atoms with E-state index in [0.717, 1.165) is 31.9 Å². The zero-order valence-electron chi connectivity index (χ0n) is 17.9. The number of carboxylic acids is 1. The van der Waals surface area contributed by atoms with E-state index in [9.17, 15) is 18.0 Å². The number of methoxy groups -OCH3 is 1. The van der Waals surface area contributed by atoms with Crippen LogP contribution >= 0.6 is 11.3 Å². The summed E-state index contributed by atoms with van der Waals surface area (Å²) >= 11 is 1.71. The standard InChI is InChI=1S/C18H26N4O2S.C2HF3O2/c1-14-17(25-13-20-14)12-21-9-15(8-18(23)19-5-7-24-2)10-22-6-3-4-16(22)11-21;3-2(4,5)1(6)7/h3-4,6,13,15H,5,7-12H2,1-2H3,(H,19,23);(H,6,7). The van der Waals surface area contributed by atoms with Gasteiger partial charge in [0.2, 0.25) is 5.91 Å². The molecule has 0 aromatic carbocycles. The molecule has 1 atom stereocenters. The first-order valence-electron chi connectivity index (χ1n) is 9.91. The number of fused-ring (bicyclic) bond motifs is 1. The molecule has 1 aliphatic rings. The highest BCUT2D eigenvalue weighted by molar-refractivity contribution is 7.09. The van der Waals surface area contributed by atoms with Gasteiger partial charge in [-0.25, -0.2) is 9.78 Å². The van der Waals surface area contributed by atoms with Gasteiger partial charge in [0.25, 0.3) is 0 Å². The monoisotopic (exact) mass is 476 g/mol. The number of thiazole rings is 1. The summed E-state index contributed by atoms with van der Waals surface area (Å²) < 4.78 is 39.0. The maximum atomic E-state index is 12.2. The predicted octanol–water partition coefficient (Wildman–Crippen LogP) is 2.67. The maximum absolute atomic E-state index is 12.2. The minimum absolute atomic E-state index is 0.103. The van der Waals surface area contributed by atoms with E-state index >= 15 is 0 Å². The molecule has 0 fully saturated rings. The number of carbonyl (C=O) groups is 2. The molecule has 8 nitrogen and oxygen atoms in total. The van der Waals surface area contributed by atoms with Crippen LogP contribution in [0.1, 0.15) is 22.7 Å². The van der Waals surface area contributed by atoms with Gasteiger partial charge >= 0.3 is 12.1 Å². The van der Waals surface area contributed by atoms with Crippen LogP contribution in [0.2, 0.25) is 0 Å². The number of alkyl halides is 3. The Labute approximate surface area is 188 Å². The molecular formula is C20H27F3N4O4S. The van der Waals surface area contributed by atoms with E-state index in [1.54, 1.807) is 18.4 Å². The molecule has 0 saturated heterocycles. The van der Waals surface area contributed by atoms with E-state index in [1.165, 1.54) is 10.6 Å². The molecule has 1 unspecified atom stereocenters. The molecular weight excluding hydrogens is 449 g/mol. The van der Waals surface area contributed by atoms with Gasteiger partial charge in [0, 0.05) is 63.0 Å². The van der Waals surface area contributed by atoms with Gasteiger partial charge in [-0.3, -0.25) is 9.69 Å². The fourth-order valence-electron chi connectivity index (χ4n) is 3.32. The van der Waals surface area contributed by atoms with Crippen molar-refractivity contribution in [2.45, 2.75) is 39.2 Å². The summed E-state index contributed by atoms with van der Waals surface area (Å²) in [6.07, 6.45) is -2.42. The lowest BCUT2D eigenvalue weighted by Gasteiger charge is -2.23. The van der Waals surface area contributed by atoms with Crippen LogP contribution in [0.3, 0.4) is 0 Å². The number of aliphatic carboxylic acids is 1. The van der Waals surface area contributed by atoms with Gasteiger partial charge in [0.1, 0.15) is 0 Å². The zero-order valence-corrected chi connectivity index (χ0v) is 18.7. The predicted molar refractivity (Wildman–Crippen MR) is 112 cm³/mol. The average molecular weight is 477 g/mol. The molecule has 0 radical (unpaired) electrons. The Hall–Kier alpha value is -2.44. The fourth-order valence-corrected chi connectivity index (χ4v) is 4.14. The molecule has 3 rings (SSSR count). The number of carboxylic acid groups (broad SMARTS) is 1. The van der Waals surface area contributed by atoms with Gasteiger partial charge in [-0.1, -0.05) is 0 Å². The molecule has 32 heavy (non-hydrogen) atoms. The number of ether oxygens (including phenoxy) is 1. The van der Waals surface area contributed by atoms with Crippen molar-refractivity contribution in [1.82, 2.24) is 19.8 Å². The van der Waals surface area contributed by atoms with Gasteiger partial charge in [0.15, 0.2) is 0 Å². The van der Waals surface area contributed by atoms with Crippen molar-refractivity contribution in [2.24, 2.45) is 5.92 Å². The van der Waals surface area contributed by atoms with Crippen LogP contribution in [-0.4, -0.2) is 64.4 Å². The van der Waals surface area contributed by atoms with Crippen LogP contribution in [0.4, 0.5) is 13.2 Å². The maximum Gasteiger partial charge on any atom is 0.490 e. The van der Waals surface area contributed by atoms with Crippen LogP contribution in [0.5, 0.6) is 0 Å². The van der Waals surface area contributed by atoms with E-state index in [0.29, 0.717) is 25.5 Å². The first-order chi connectivity index (χ1) is 15.1. The van der Waals surface area contributed by atoms with Crippen molar-refractivity contribution in [3.63, 3.8) is 0 Å². The van der Waals surface area contributed by atoms with Gasteiger partial charge in [-0.05, 0) is 25.0 Å². The second-order valence-electron chi connectivity index (χ2n) is 7.40. The molecule has 178 valence electrons. The molecule has 1 aliphatic heterocycles. The lowest BCUT2D eigenvalue weighted by molar-refractivity contribution is -0.192. The number of aryl methyl sites for hydroxylation is 1. The number of nitrogens with one attached hydrogen (secondary N) is 1. The SMILES string of the molecule is COCCNC(=O)CC1CN(Cc2scnc2C)Cc2cccn2C1.O=C(O)C(F)(F)F. The highest BCUT2D eigenvalue weighted by Crippen LogP contribution is 2.23. The van der Waals surface area contributed by atoms with Crippen molar-refractivity contribution in [2.75, 3.05) is 26.8 Å². The number of hydrogen-bond donors (Lipinski definition) is 2. The van der Waals surface area contributed by atoms with Gasteiger partial charge in [0.05, 0.1) is 17.8 Å². The molecule has 0 spiro atoms. The number of halogens is 3. The number of nitrogens with zero attached hydrogens (tertiary/aromatic N) is 3. The molecule has 2 aromatic heterocycles. The fraction of sp³-hybridized carbons (Fsp3) is 0.550. The van der Waals surface area contributed by atoms with E-state index in [1.807, 2.05) is 5.51 Å². The molecule has 3 heterocycles. The smallest absolute Gasteiger partial charge is 0.475 e. The second kappa shape index (κ2) is 12.0. The largest absolute Gasteiger partial charge is 0.490 e. The van der Waals surface area contributed by atoms with Crippen LogP contribution in [0.25, 0.3) is 0 Å². The molecule has 0 saturated carbocycles. The highest BCUT2D eigenvalue weighted by Gasteiger charge is 2.38. The summed E-state index contributed by atoms with van der Waals surface area (Å²) in [5.74, 6) is -2.36. The summed E-state index contributed by atoms with van der Waals surface area (Å²) in [5, 5.41) is 10.1. The van der Waals surface area contributed by atoms with Gasteiger partial charge in [-0.15, -0.1) is 11.3 Å². The van der Waals surface area contributed by atoms with Crippen LogP contribution in [0, 0.1) is 12.8 Å². The Kier molecular flexibility index (Phi) is 9.66. The third-order valence-electron chi connectivity index (χ3n) is 4.84. The van der Waals surface area contributed by atoms with Crippen LogP contribution in [0.15, 0.2) is 23.8 Å². The number of amides is 1. The minimum Gasteiger partial charge on any atom is -0.475 e. The van der Waals surface area contributed by atoms with E-state index in [4.69, 9.17) is 14.6 Å². The number of aromatic nitrogens is 2. The number of rotatable bonds is 7. The van der Waals surface area contributed by atoms with Crippen molar-refractivity contribution in [1.29, 1.82) is 0 Å². The average Bonchev–Trinajstić information content (AvgIpc) is 3.26. The lowest BCUT2D eigenvalue weighted by atomic mass is 10.0. The van der Waals surface area contributed by atoms with Crippen LogP contribution < -0.4 is 5.32 Å². The third kappa shape index (κ3) is 8.24. The first kappa shape index (κ1) is 25.8. The Balaban J connectivity index is 0.000000451. The summed E-state index contributed by atoms with van der Waals surface area (Å²) in [5.41, 5.74) is 4.33. The highest BCUT2D eigenvalue weighted by atomic mass is 32.1. The van der Waals surface area contributed by atoms with Crippen LogP contribution in [-0.2, 0) is 34.0 Å². The normalized spacial score (nSPS) is 16.5. The van der Waals surface area contributed by atoms with Gasteiger partial charge in [-0.2, -0.15) is 13.2 Å². The van der Waals surface area contributed by atoms with E-state index < -0.39 is 12.1 Å². The van der Waals surface area contributed by atoms with Crippen molar-refractivity contribution < 1.29 is 32.6 Å². The lowest BCUT2D eigenvalue weighted by Crippen LogP contribution is -2.33. The summed E-state index contributed by atoms with van der Waals surface area (Å²) in [6, 6.07) is 4.26. The second-order valence-corrected chi connectivity index (χ2v) is 8.34. The molecule has 2 aromatic rings. The van der Waals surface area contributed by atoms with Crippen molar-refractivity contribution in [3.05, 3.63) is 40.1 Å². The molecule has 2 N–H and O–H groups in total. The van der Waals surface area contributed by atoms with E-state index in [-0.39, 0.29) is 5.91 Å². The number of carbonyl (C=O) groups excluding carboxylic acids is 1. The third-order valence-corrected chi connectivity index (χ3v) is 5.76. The Morgan fingerprint density at radius 3 is 2.69 bits per heavy atom. The Morgan fingerprint density at radius 2 is 2.09 bits per heavy atom. The summed E-state index contributed by atoms with van der Waals surface area (Å²) in [7, 11) is 1.64. The zero-order chi connectivity index (χ0) is 23.7. The molecule has 12 heteroatoms. The molecule has 1 amide bonds. The number of hydrogen-bond acceptors (Lipinski definition) is 6. The van der Waals surface area contributed by atoms with Gasteiger partial charge < -0.3 is 19.7 Å². The summed E-state index contributed by atoms with van der Waals surface area (Å²) in [4.78, 5) is 29.2. The summed E-state index contributed by atoms with van der Waals surface area (Å²) in [6.45, 7) is 6.78. The van der Waals surface area contributed by atoms with E-state index in [2.05, 4.69) is 45.0 Å². The minimum atomic E-state index is -5.08. The Bertz CT molecular complexity index is 884. The topological polar surface area (TPSA) is 96.7 Å². The molecule has 0 bridgehead atoms. The quantitative estimate of drug-likeness (QED) is 0.597.